The van der Waals surface area contributed by atoms with Crippen LogP contribution in [0.4, 0.5) is 0 Å². The molecule has 0 aromatic heterocycles. The molecule has 3 heteroatoms. The average Bonchev–Trinajstić information content (AvgIpc) is 2.13. The highest BCUT2D eigenvalue weighted by molar-refractivity contribution is 9.09. The maximum absolute atomic E-state index is 3.48. The second-order valence-electron chi connectivity index (χ2n) is 4.84. The minimum Gasteiger partial charge on any atom is -1.00 e. The zero-order valence-corrected chi connectivity index (χ0v) is 12.9. The van der Waals surface area contributed by atoms with Gasteiger partial charge in [0.05, 0.1) is 27.2 Å². The molecule has 94 valence electrons. The Kier molecular flexibility index (Phi) is 13.5. The summed E-state index contributed by atoms with van der Waals surface area (Å²) >= 11 is 3.48. The van der Waals surface area contributed by atoms with Crippen LogP contribution in [0.15, 0.2) is 0 Å². The summed E-state index contributed by atoms with van der Waals surface area (Å²) in [5, 5.41) is 1.16. The van der Waals surface area contributed by atoms with Crippen molar-refractivity contribution < 1.29 is 16.9 Å². The molecular formula is C12H27BrClN. The van der Waals surface area contributed by atoms with Crippen LogP contribution in [0, 0.1) is 0 Å². The first kappa shape index (κ1) is 18.1. The Bertz CT molecular complexity index is 129. The molecule has 0 aliphatic carbocycles. The largest absolute Gasteiger partial charge is 1.00 e. The molecule has 0 heterocycles. The number of hydrogen-bond acceptors (Lipinski definition) is 0. The van der Waals surface area contributed by atoms with Gasteiger partial charge in [-0.1, -0.05) is 35.7 Å². The Morgan fingerprint density at radius 1 is 0.867 bits per heavy atom. The average molecular weight is 301 g/mol. The molecule has 0 aliphatic rings. The van der Waals surface area contributed by atoms with Crippen LogP contribution in [0.5, 0.6) is 0 Å². The van der Waals surface area contributed by atoms with Crippen molar-refractivity contribution in [2.75, 3.05) is 32.5 Å². The van der Waals surface area contributed by atoms with Gasteiger partial charge in [0.2, 0.25) is 0 Å². The summed E-state index contributed by atoms with van der Waals surface area (Å²) in [6.07, 6.45) is 8.23. The molecule has 0 spiro atoms. The predicted molar refractivity (Wildman–Crippen MR) is 69.0 cm³/mol. The fourth-order valence-corrected chi connectivity index (χ4v) is 2.11. The highest BCUT2D eigenvalue weighted by Crippen LogP contribution is 2.07. The zero-order chi connectivity index (χ0) is 10.9. The van der Waals surface area contributed by atoms with Crippen molar-refractivity contribution in [1.82, 2.24) is 0 Å². The van der Waals surface area contributed by atoms with E-state index in [-0.39, 0.29) is 12.4 Å². The first-order valence-corrected chi connectivity index (χ1v) is 7.12. The molecule has 0 N–H and O–H groups in total. The molecule has 0 radical (unpaired) electrons. The lowest BCUT2D eigenvalue weighted by Gasteiger charge is -2.29. The van der Waals surface area contributed by atoms with E-state index in [1.807, 2.05) is 0 Å². The van der Waals surface area contributed by atoms with E-state index in [4.69, 9.17) is 0 Å². The molecule has 0 fully saturated rings. The van der Waals surface area contributed by atoms with Crippen LogP contribution < -0.4 is 12.4 Å². The van der Waals surface area contributed by atoms with Crippen LogP contribution in [-0.4, -0.2) is 37.0 Å². The number of quaternary nitrogens is 1. The maximum atomic E-state index is 3.48. The second kappa shape index (κ2) is 11.2. The summed E-state index contributed by atoms with van der Waals surface area (Å²) in [4.78, 5) is 0. The smallest absolute Gasteiger partial charge is 0.0782 e. The first-order valence-electron chi connectivity index (χ1n) is 6.00. The lowest BCUT2D eigenvalue weighted by molar-refractivity contribution is -0.890. The number of nitrogens with zero attached hydrogens (tertiary/aromatic N) is 1. The summed E-state index contributed by atoms with van der Waals surface area (Å²) in [5.41, 5.74) is 0. The van der Waals surface area contributed by atoms with Gasteiger partial charge in [-0.3, -0.25) is 0 Å². The normalized spacial score (nSPS) is 11.2. The molecule has 1 nitrogen and oxygen atoms in total. The molecule has 0 unspecified atom stereocenters. The molecule has 0 aromatic rings. The van der Waals surface area contributed by atoms with E-state index >= 15 is 0 Å². The van der Waals surface area contributed by atoms with E-state index in [1.54, 1.807) is 0 Å². The zero-order valence-electron chi connectivity index (χ0n) is 10.6. The van der Waals surface area contributed by atoms with Gasteiger partial charge in [-0.25, -0.2) is 0 Å². The molecule has 0 atom stereocenters. The lowest BCUT2D eigenvalue weighted by atomic mass is 10.2. The quantitative estimate of drug-likeness (QED) is 0.336. The number of rotatable bonds is 9. The highest BCUT2D eigenvalue weighted by atomic mass is 79.9. The molecule has 0 saturated carbocycles. The third kappa shape index (κ3) is 12.7. The van der Waals surface area contributed by atoms with Crippen molar-refractivity contribution in [3.63, 3.8) is 0 Å². The first-order chi connectivity index (χ1) is 6.62. The Balaban J connectivity index is 0. The van der Waals surface area contributed by atoms with E-state index in [0.29, 0.717) is 0 Å². The van der Waals surface area contributed by atoms with Crippen LogP contribution in [0.3, 0.4) is 0 Å². The van der Waals surface area contributed by atoms with Gasteiger partial charge in [0.1, 0.15) is 0 Å². The fraction of sp³-hybridized carbons (Fsp3) is 1.00. The van der Waals surface area contributed by atoms with Gasteiger partial charge in [-0.2, -0.15) is 0 Å². The van der Waals surface area contributed by atoms with Crippen molar-refractivity contribution in [2.45, 2.75) is 45.4 Å². The molecule has 0 aromatic carbocycles. The van der Waals surface area contributed by atoms with E-state index in [2.05, 4.69) is 36.9 Å². The van der Waals surface area contributed by atoms with Crippen molar-refractivity contribution in [2.24, 2.45) is 0 Å². The van der Waals surface area contributed by atoms with Crippen LogP contribution in [0.2, 0.25) is 0 Å². The van der Waals surface area contributed by atoms with Gasteiger partial charge in [0.25, 0.3) is 0 Å². The van der Waals surface area contributed by atoms with Crippen LogP contribution in [0.25, 0.3) is 0 Å². The van der Waals surface area contributed by atoms with Crippen molar-refractivity contribution in [1.29, 1.82) is 0 Å². The van der Waals surface area contributed by atoms with Crippen molar-refractivity contribution >= 4 is 15.9 Å². The second-order valence-corrected chi connectivity index (χ2v) is 5.63. The summed E-state index contributed by atoms with van der Waals surface area (Å²) < 4.78 is 1.21. The summed E-state index contributed by atoms with van der Waals surface area (Å²) in [5.74, 6) is 0. The van der Waals surface area contributed by atoms with E-state index in [9.17, 15) is 0 Å². The Morgan fingerprint density at radius 3 is 1.87 bits per heavy atom. The van der Waals surface area contributed by atoms with Gasteiger partial charge < -0.3 is 16.9 Å². The third-order valence-corrected chi connectivity index (χ3v) is 3.32. The highest BCUT2D eigenvalue weighted by Gasteiger charge is 2.12. The van der Waals surface area contributed by atoms with E-state index < -0.39 is 0 Å². The fourth-order valence-electron chi connectivity index (χ4n) is 1.71. The standard InChI is InChI=1S/C12H27BrN.ClH/c1-4-5-6-8-11-14(2,3)12-9-7-10-13;/h4-12H2,1-3H3;1H/q+1;/p-1. The van der Waals surface area contributed by atoms with Crippen molar-refractivity contribution in [3.8, 4) is 0 Å². The van der Waals surface area contributed by atoms with E-state index in [0.717, 1.165) is 5.33 Å². The van der Waals surface area contributed by atoms with Gasteiger partial charge >= 0.3 is 0 Å². The monoisotopic (exact) mass is 299 g/mol. The Morgan fingerprint density at radius 2 is 1.40 bits per heavy atom. The lowest BCUT2D eigenvalue weighted by Crippen LogP contribution is -3.00. The summed E-state index contributed by atoms with van der Waals surface area (Å²) in [7, 11) is 4.72. The molecule has 0 bridgehead atoms. The molecule has 0 amide bonds. The molecule has 0 aliphatic heterocycles. The van der Waals surface area contributed by atoms with E-state index in [1.165, 1.54) is 56.1 Å². The maximum Gasteiger partial charge on any atom is 0.0782 e. The third-order valence-electron chi connectivity index (χ3n) is 2.76. The molecule has 0 saturated heterocycles. The topological polar surface area (TPSA) is 0 Å². The Hall–Kier alpha value is 0.730. The van der Waals surface area contributed by atoms with Crippen LogP contribution in [-0.2, 0) is 0 Å². The van der Waals surface area contributed by atoms with Gasteiger partial charge in [0.15, 0.2) is 0 Å². The van der Waals surface area contributed by atoms with Gasteiger partial charge in [0, 0.05) is 5.33 Å². The Labute approximate surface area is 111 Å². The van der Waals surface area contributed by atoms with Crippen LogP contribution >= 0.6 is 15.9 Å². The molecule has 15 heavy (non-hydrogen) atoms. The number of halogens is 2. The SMILES string of the molecule is CCCCCC[N+](C)(C)CCCCBr.[Cl-]. The van der Waals surface area contributed by atoms with Crippen LogP contribution in [0.1, 0.15) is 45.4 Å². The number of unbranched alkanes of at least 4 members (excludes halogenated alkanes) is 4. The van der Waals surface area contributed by atoms with Gasteiger partial charge in [-0.15, -0.1) is 0 Å². The molecule has 0 rings (SSSR count). The summed E-state index contributed by atoms with van der Waals surface area (Å²) in [6, 6.07) is 0. The molecular weight excluding hydrogens is 273 g/mol. The summed E-state index contributed by atoms with van der Waals surface area (Å²) in [6.45, 7) is 4.95. The minimum atomic E-state index is 0. The number of alkyl halides is 1. The predicted octanol–water partition coefficient (Wildman–Crippen LogP) is 0.822. The minimum absolute atomic E-state index is 0. The van der Waals surface area contributed by atoms with Gasteiger partial charge in [-0.05, 0) is 25.7 Å². The van der Waals surface area contributed by atoms with Crippen molar-refractivity contribution in [3.05, 3.63) is 0 Å². The number of hydrogen-bond donors (Lipinski definition) is 0.